The average molecular weight is 341 g/mol. The highest BCUT2D eigenvalue weighted by molar-refractivity contribution is 5.77. The van der Waals surface area contributed by atoms with E-state index < -0.39 is 5.97 Å². The van der Waals surface area contributed by atoms with Crippen molar-refractivity contribution in [3.8, 4) is 0 Å². The van der Waals surface area contributed by atoms with Crippen LogP contribution in [0.4, 0.5) is 4.79 Å². The summed E-state index contributed by atoms with van der Waals surface area (Å²) < 4.78 is 0. The summed E-state index contributed by atoms with van der Waals surface area (Å²) in [5, 5.41) is 14.5. The number of carboxylic acid groups (broad SMARTS) is 1. The highest BCUT2D eigenvalue weighted by atomic mass is 16.4. The summed E-state index contributed by atoms with van der Waals surface area (Å²) in [6, 6.07) is 0.0770. The molecule has 0 atom stereocenters. The third kappa shape index (κ3) is 8.17. The van der Waals surface area contributed by atoms with Crippen LogP contribution in [0.15, 0.2) is 0 Å². The molecule has 138 valence electrons. The van der Waals surface area contributed by atoms with E-state index in [1.165, 1.54) is 19.3 Å². The first kappa shape index (κ1) is 20.3. The Labute approximate surface area is 144 Å². The highest BCUT2D eigenvalue weighted by Gasteiger charge is 2.18. The summed E-state index contributed by atoms with van der Waals surface area (Å²) in [7, 11) is 0. The predicted octanol–water partition coefficient (Wildman–Crippen LogP) is 2.11. The summed E-state index contributed by atoms with van der Waals surface area (Å²) in [5.74, 6) is -0.977. The first-order valence-corrected chi connectivity index (χ1v) is 8.95. The van der Waals surface area contributed by atoms with Crippen molar-refractivity contribution in [2.24, 2.45) is 0 Å². The van der Waals surface area contributed by atoms with Crippen molar-refractivity contribution in [2.75, 3.05) is 13.1 Å². The number of hydrogen-bond donors (Lipinski definition) is 3. The third-order valence-electron chi connectivity index (χ3n) is 4.30. The van der Waals surface area contributed by atoms with Gasteiger partial charge in [-0.25, -0.2) is 4.79 Å². The zero-order valence-electron chi connectivity index (χ0n) is 14.8. The van der Waals surface area contributed by atoms with Crippen LogP contribution in [0.5, 0.6) is 0 Å². The van der Waals surface area contributed by atoms with Gasteiger partial charge < -0.3 is 20.6 Å². The molecule has 0 aliphatic heterocycles. The lowest BCUT2D eigenvalue weighted by Gasteiger charge is -2.26. The van der Waals surface area contributed by atoms with Gasteiger partial charge in [-0.05, 0) is 33.1 Å². The molecule has 1 rings (SSSR count). The largest absolute Gasteiger partial charge is 0.481 e. The fraction of sp³-hybridized carbons (Fsp3) is 0.824. The first-order valence-electron chi connectivity index (χ1n) is 8.95. The van der Waals surface area contributed by atoms with E-state index in [2.05, 4.69) is 10.6 Å². The van der Waals surface area contributed by atoms with E-state index in [1.807, 2.05) is 13.8 Å². The van der Waals surface area contributed by atoms with Crippen molar-refractivity contribution in [3.05, 3.63) is 0 Å². The molecule has 1 saturated carbocycles. The summed E-state index contributed by atoms with van der Waals surface area (Å²) in [6.45, 7) is 4.40. The zero-order valence-corrected chi connectivity index (χ0v) is 14.8. The van der Waals surface area contributed by atoms with Crippen molar-refractivity contribution in [1.29, 1.82) is 0 Å². The molecule has 1 aliphatic carbocycles. The van der Waals surface area contributed by atoms with E-state index in [1.54, 1.807) is 4.90 Å². The fourth-order valence-electron chi connectivity index (χ4n) is 2.96. The maximum absolute atomic E-state index is 12.2. The highest BCUT2D eigenvalue weighted by Crippen LogP contribution is 2.17. The van der Waals surface area contributed by atoms with Crippen LogP contribution in [-0.4, -0.2) is 53.1 Å². The Morgan fingerprint density at radius 2 is 1.79 bits per heavy atom. The average Bonchev–Trinajstić information content (AvgIpc) is 2.52. The molecular weight excluding hydrogens is 310 g/mol. The smallest absolute Gasteiger partial charge is 0.315 e. The predicted molar refractivity (Wildman–Crippen MR) is 91.7 cm³/mol. The molecule has 0 bridgehead atoms. The van der Waals surface area contributed by atoms with E-state index in [4.69, 9.17) is 5.11 Å². The van der Waals surface area contributed by atoms with Crippen molar-refractivity contribution in [2.45, 2.75) is 77.3 Å². The molecule has 24 heavy (non-hydrogen) atoms. The summed E-state index contributed by atoms with van der Waals surface area (Å²) in [4.78, 5) is 36.2. The van der Waals surface area contributed by atoms with Crippen molar-refractivity contribution in [1.82, 2.24) is 15.5 Å². The first-order chi connectivity index (χ1) is 11.4. The monoisotopic (exact) mass is 341 g/mol. The van der Waals surface area contributed by atoms with Crippen LogP contribution in [0, 0.1) is 0 Å². The van der Waals surface area contributed by atoms with Crippen LogP contribution in [0.25, 0.3) is 0 Å². The molecule has 7 heteroatoms. The minimum atomic E-state index is -0.908. The van der Waals surface area contributed by atoms with Crippen LogP contribution in [0.3, 0.4) is 0 Å². The number of carboxylic acids is 1. The summed E-state index contributed by atoms with van der Waals surface area (Å²) in [6.07, 6.45) is 6.47. The number of carbonyl (C=O) groups is 3. The number of urea groups is 1. The topological polar surface area (TPSA) is 98.7 Å². The van der Waals surface area contributed by atoms with Crippen molar-refractivity contribution >= 4 is 17.9 Å². The molecule has 0 heterocycles. The van der Waals surface area contributed by atoms with E-state index in [-0.39, 0.29) is 37.0 Å². The molecule has 0 aromatic rings. The fourth-order valence-corrected chi connectivity index (χ4v) is 2.96. The molecule has 3 N–H and O–H groups in total. The van der Waals surface area contributed by atoms with Crippen molar-refractivity contribution in [3.63, 3.8) is 0 Å². The summed E-state index contributed by atoms with van der Waals surface area (Å²) >= 11 is 0. The Morgan fingerprint density at radius 3 is 2.38 bits per heavy atom. The SMILES string of the molecule is CC(C)N(CCC(=O)O)C(=O)CCCNC(=O)NC1CCCCC1. The molecule has 0 radical (unpaired) electrons. The van der Waals surface area contributed by atoms with Gasteiger partial charge in [0.25, 0.3) is 0 Å². The Morgan fingerprint density at radius 1 is 1.12 bits per heavy atom. The quantitative estimate of drug-likeness (QED) is 0.559. The van der Waals surface area contributed by atoms with Gasteiger partial charge in [-0.15, -0.1) is 0 Å². The maximum atomic E-state index is 12.2. The summed E-state index contributed by atoms with van der Waals surface area (Å²) in [5.41, 5.74) is 0. The van der Waals surface area contributed by atoms with Crippen LogP contribution >= 0.6 is 0 Å². The van der Waals surface area contributed by atoms with Gasteiger partial charge in [0, 0.05) is 31.6 Å². The number of nitrogens with zero attached hydrogens (tertiary/aromatic N) is 1. The molecule has 0 spiro atoms. The Hall–Kier alpha value is -1.79. The second-order valence-corrected chi connectivity index (χ2v) is 6.66. The van der Waals surface area contributed by atoms with Gasteiger partial charge in [-0.1, -0.05) is 19.3 Å². The molecule has 0 aromatic heterocycles. The van der Waals surface area contributed by atoms with E-state index in [0.717, 1.165) is 12.8 Å². The van der Waals surface area contributed by atoms with Crippen LogP contribution in [0.2, 0.25) is 0 Å². The minimum Gasteiger partial charge on any atom is -0.481 e. The van der Waals surface area contributed by atoms with Crippen LogP contribution in [-0.2, 0) is 9.59 Å². The third-order valence-corrected chi connectivity index (χ3v) is 4.30. The van der Waals surface area contributed by atoms with Crippen LogP contribution < -0.4 is 10.6 Å². The lowest BCUT2D eigenvalue weighted by molar-refractivity contribution is -0.139. The number of rotatable bonds is 9. The molecule has 3 amide bonds. The molecule has 0 saturated heterocycles. The minimum absolute atomic E-state index is 0.0283. The number of nitrogens with one attached hydrogen (secondary N) is 2. The van der Waals surface area contributed by atoms with E-state index in [0.29, 0.717) is 19.4 Å². The lowest BCUT2D eigenvalue weighted by atomic mass is 9.96. The zero-order chi connectivity index (χ0) is 17.9. The second-order valence-electron chi connectivity index (χ2n) is 6.66. The Balaban J connectivity index is 2.20. The second kappa shape index (κ2) is 10.9. The van der Waals surface area contributed by atoms with Gasteiger partial charge in [-0.3, -0.25) is 9.59 Å². The molecule has 1 aliphatic rings. The van der Waals surface area contributed by atoms with Gasteiger partial charge in [0.15, 0.2) is 0 Å². The Kier molecular flexibility index (Phi) is 9.19. The van der Waals surface area contributed by atoms with Crippen molar-refractivity contribution < 1.29 is 19.5 Å². The van der Waals surface area contributed by atoms with Gasteiger partial charge in [-0.2, -0.15) is 0 Å². The number of amides is 3. The molecule has 7 nitrogen and oxygen atoms in total. The standard InChI is InChI=1S/C17H31N3O4/c1-13(2)20(12-10-16(22)23)15(21)9-6-11-18-17(24)19-14-7-4-3-5-8-14/h13-14H,3-12H2,1-2H3,(H,22,23)(H2,18,19,24). The van der Waals surface area contributed by atoms with E-state index >= 15 is 0 Å². The maximum Gasteiger partial charge on any atom is 0.315 e. The van der Waals surface area contributed by atoms with Gasteiger partial charge in [0.1, 0.15) is 0 Å². The molecule has 0 unspecified atom stereocenters. The normalized spacial score (nSPS) is 15.1. The molecular formula is C17H31N3O4. The molecule has 0 aromatic carbocycles. The van der Waals surface area contributed by atoms with E-state index in [9.17, 15) is 14.4 Å². The number of hydrogen-bond acceptors (Lipinski definition) is 3. The van der Waals surface area contributed by atoms with Gasteiger partial charge in [0.05, 0.1) is 6.42 Å². The molecule has 1 fully saturated rings. The van der Waals surface area contributed by atoms with Gasteiger partial charge in [0.2, 0.25) is 5.91 Å². The number of aliphatic carboxylic acids is 1. The van der Waals surface area contributed by atoms with Gasteiger partial charge >= 0.3 is 12.0 Å². The van der Waals surface area contributed by atoms with Crippen LogP contribution in [0.1, 0.15) is 65.2 Å². The number of carbonyl (C=O) groups excluding carboxylic acids is 2. The lowest BCUT2D eigenvalue weighted by Crippen LogP contribution is -2.43. The Bertz CT molecular complexity index is 420.